The van der Waals surface area contributed by atoms with Gasteiger partial charge in [-0.25, -0.2) is 13.8 Å². The molecule has 0 aromatic carbocycles. The molecular weight excluding hydrogens is 214 g/mol. The van der Waals surface area contributed by atoms with Crippen LogP contribution in [-0.4, -0.2) is 10.1 Å². The van der Waals surface area contributed by atoms with Gasteiger partial charge in [0.05, 0.1) is 12.3 Å². The van der Waals surface area contributed by atoms with Crippen molar-refractivity contribution in [3.63, 3.8) is 0 Å². The van der Waals surface area contributed by atoms with E-state index < -0.39 is 13.0 Å². The van der Waals surface area contributed by atoms with E-state index >= 15 is 0 Å². The highest BCUT2D eigenvalue weighted by Crippen LogP contribution is 2.27. The molecule has 0 bridgehead atoms. The van der Waals surface area contributed by atoms with Gasteiger partial charge in [-0.1, -0.05) is 11.6 Å². The molecule has 1 rings (SSSR count). The third-order valence-electron chi connectivity index (χ3n) is 1.76. The van der Waals surface area contributed by atoms with Crippen LogP contribution in [0, 0.1) is 0 Å². The summed E-state index contributed by atoms with van der Waals surface area (Å²) < 4.78 is 25.0. The predicted molar refractivity (Wildman–Crippen MR) is 48.0 cm³/mol. The summed E-state index contributed by atoms with van der Waals surface area (Å²) in [4.78, 5) is 3.71. The van der Waals surface area contributed by atoms with Crippen LogP contribution in [0.5, 0.6) is 0 Å². The summed E-state index contributed by atoms with van der Waals surface area (Å²) in [6.07, 6.45) is -2.67. The normalized spacial score (nSPS) is 11.0. The highest BCUT2D eigenvalue weighted by Gasteiger charge is 2.17. The van der Waals surface area contributed by atoms with Crippen LogP contribution < -0.4 is 5.73 Å². The van der Waals surface area contributed by atoms with Crippen molar-refractivity contribution in [2.24, 2.45) is 5.73 Å². The third kappa shape index (κ3) is 2.17. The largest absolute Gasteiger partial charge is 0.390 e. The number of aromatic nitrogens is 1. The number of rotatable bonds is 3. The monoisotopic (exact) mass is 222 g/mol. The Morgan fingerprint density at radius 2 is 2.21 bits per heavy atom. The van der Waals surface area contributed by atoms with Crippen molar-refractivity contribution in [2.75, 3.05) is 0 Å². The lowest BCUT2D eigenvalue weighted by molar-refractivity contribution is 0.149. The smallest absolute Gasteiger partial charge is 0.264 e. The zero-order chi connectivity index (χ0) is 10.7. The third-order valence-corrected chi connectivity index (χ3v) is 2.08. The number of pyridine rings is 1. The maximum Gasteiger partial charge on any atom is 0.264 e. The molecule has 3 nitrogen and oxygen atoms in total. The van der Waals surface area contributed by atoms with E-state index in [9.17, 15) is 8.78 Å². The van der Waals surface area contributed by atoms with Gasteiger partial charge in [0.25, 0.3) is 6.43 Å². The van der Waals surface area contributed by atoms with Crippen LogP contribution in [0.1, 0.15) is 23.2 Å². The summed E-state index contributed by atoms with van der Waals surface area (Å²) in [5.41, 5.74) is 5.23. The van der Waals surface area contributed by atoms with Gasteiger partial charge in [0.1, 0.15) is 5.15 Å². The Kier molecular flexibility index (Phi) is 3.74. The molecule has 3 N–H and O–H groups in total. The average Bonchev–Trinajstić information content (AvgIpc) is 2.16. The first-order valence-electron chi connectivity index (χ1n) is 3.87. The minimum Gasteiger partial charge on any atom is -0.390 e. The van der Waals surface area contributed by atoms with Crippen molar-refractivity contribution in [3.8, 4) is 0 Å². The fourth-order valence-corrected chi connectivity index (χ4v) is 1.38. The number of aliphatic hydroxyl groups is 1. The van der Waals surface area contributed by atoms with E-state index in [-0.39, 0.29) is 28.5 Å². The Labute approximate surface area is 84.5 Å². The van der Waals surface area contributed by atoms with Gasteiger partial charge in [0.2, 0.25) is 0 Å². The number of alkyl halides is 2. The number of halogens is 3. The van der Waals surface area contributed by atoms with Crippen molar-refractivity contribution in [2.45, 2.75) is 19.6 Å². The van der Waals surface area contributed by atoms with E-state index in [0.717, 1.165) is 6.07 Å². The molecule has 1 heterocycles. The first-order chi connectivity index (χ1) is 6.60. The summed E-state index contributed by atoms with van der Waals surface area (Å²) in [5, 5.41) is 8.66. The lowest BCUT2D eigenvalue weighted by Crippen LogP contribution is -2.06. The molecular formula is C8H9ClF2N2O. The number of nitrogens with two attached hydrogens (primary N) is 1. The van der Waals surface area contributed by atoms with Crippen LogP contribution in [-0.2, 0) is 13.2 Å². The van der Waals surface area contributed by atoms with Gasteiger partial charge in [-0.05, 0) is 6.07 Å². The van der Waals surface area contributed by atoms with Gasteiger partial charge in [0.15, 0.2) is 0 Å². The second-order valence-electron chi connectivity index (χ2n) is 2.64. The van der Waals surface area contributed by atoms with E-state index in [1.807, 2.05) is 0 Å². The maximum absolute atomic E-state index is 12.5. The molecule has 0 amide bonds. The standard InChI is InChI=1S/C8H9ClF2N2O/c9-7-6(2-12)5(8(10)11)1-4(3-14)13-7/h1,8,14H,2-3,12H2. The van der Waals surface area contributed by atoms with Crippen molar-refractivity contribution < 1.29 is 13.9 Å². The zero-order valence-electron chi connectivity index (χ0n) is 7.17. The van der Waals surface area contributed by atoms with Crippen LogP contribution in [0.2, 0.25) is 5.15 Å². The van der Waals surface area contributed by atoms with Gasteiger partial charge in [0, 0.05) is 17.7 Å². The number of aliphatic hydroxyl groups excluding tert-OH is 1. The quantitative estimate of drug-likeness (QED) is 0.765. The zero-order valence-corrected chi connectivity index (χ0v) is 7.93. The minimum absolute atomic E-state index is 0.0747. The van der Waals surface area contributed by atoms with Crippen molar-refractivity contribution in [1.82, 2.24) is 4.98 Å². The number of nitrogens with zero attached hydrogens (tertiary/aromatic N) is 1. The highest BCUT2D eigenvalue weighted by atomic mass is 35.5. The van der Waals surface area contributed by atoms with Gasteiger partial charge < -0.3 is 10.8 Å². The van der Waals surface area contributed by atoms with Crippen LogP contribution >= 0.6 is 11.6 Å². The Morgan fingerprint density at radius 3 is 2.64 bits per heavy atom. The van der Waals surface area contributed by atoms with Gasteiger partial charge >= 0.3 is 0 Å². The van der Waals surface area contributed by atoms with Crippen LogP contribution in [0.15, 0.2) is 6.07 Å². The molecule has 0 unspecified atom stereocenters. The first-order valence-corrected chi connectivity index (χ1v) is 4.25. The molecule has 1 aromatic rings. The van der Waals surface area contributed by atoms with Crippen molar-refractivity contribution >= 4 is 11.6 Å². The SMILES string of the molecule is NCc1c(C(F)F)cc(CO)nc1Cl. The molecule has 78 valence electrons. The fraction of sp³-hybridized carbons (Fsp3) is 0.375. The summed E-state index contributed by atoms with van der Waals surface area (Å²) in [7, 11) is 0. The second-order valence-corrected chi connectivity index (χ2v) is 2.99. The first kappa shape index (κ1) is 11.3. The molecule has 0 atom stereocenters. The van der Waals surface area contributed by atoms with Crippen molar-refractivity contribution in [1.29, 1.82) is 0 Å². The molecule has 1 aromatic heterocycles. The van der Waals surface area contributed by atoms with E-state index in [2.05, 4.69) is 4.98 Å². The Hall–Kier alpha value is -0.780. The summed E-state index contributed by atoms with van der Waals surface area (Å²) >= 11 is 5.62. The average molecular weight is 223 g/mol. The minimum atomic E-state index is -2.67. The lowest BCUT2D eigenvalue weighted by atomic mass is 10.1. The molecule has 6 heteroatoms. The Balaban J connectivity index is 3.28. The van der Waals surface area contributed by atoms with E-state index in [1.54, 1.807) is 0 Å². The molecule has 0 aliphatic carbocycles. The number of hydrogen-bond donors (Lipinski definition) is 2. The molecule has 0 fully saturated rings. The van der Waals surface area contributed by atoms with E-state index in [0.29, 0.717) is 0 Å². The molecule has 0 saturated heterocycles. The lowest BCUT2D eigenvalue weighted by Gasteiger charge is -2.09. The highest BCUT2D eigenvalue weighted by molar-refractivity contribution is 6.30. The number of hydrogen-bond acceptors (Lipinski definition) is 3. The second kappa shape index (κ2) is 4.63. The predicted octanol–water partition coefficient (Wildman–Crippen LogP) is 1.62. The fourth-order valence-electron chi connectivity index (χ4n) is 1.09. The molecule has 0 spiro atoms. The van der Waals surface area contributed by atoms with E-state index in [4.69, 9.17) is 22.4 Å². The molecule has 14 heavy (non-hydrogen) atoms. The van der Waals surface area contributed by atoms with Crippen LogP contribution in [0.3, 0.4) is 0 Å². The maximum atomic E-state index is 12.5. The molecule has 0 aliphatic heterocycles. The van der Waals surface area contributed by atoms with Gasteiger partial charge in [-0.3, -0.25) is 0 Å². The van der Waals surface area contributed by atoms with Gasteiger partial charge in [-0.2, -0.15) is 0 Å². The summed E-state index contributed by atoms with van der Waals surface area (Å²) in [6.45, 7) is -0.526. The Morgan fingerprint density at radius 1 is 1.57 bits per heavy atom. The van der Waals surface area contributed by atoms with E-state index in [1.165, 1.54) is 0 Å². The van der Waals surface area contributed by atoms with Crippen LogP contribution in [0.4, 0.5) is 8.78 Å². The summed E-state index contributed by atoms with van der Waals surface area (Å²) in [5.74, 6) is 0. The molecule has 0 radical (unpaired) electrons. The van der Waals surface area contributed by atoms with Gasteiger partial charge in [-0.15, -0.1) is 0 Å². The van der Waals surface area contributed by atoms with Crippen LogP contribution in [0.25, 0.3) is 0 Å². The Bertz CT molecular complexity index is 333. The topological polar surface area (TPSA) is 59.1 Å². The molecule has 0 saturated carbocycles. The molecule has 0 aliphatic rings. The summed E-state index contributed by atoms with van der Waals surface area (Å²) in [6, 6.07) is 1.11. The van der Waals surface area contributed by atoms with Crippen molar-refractivity contribution in [3.05, 3.63) is 28.0 Å².